The van der Waals surface area contributed by atoms with Crippen LogP contribution in [0.5, 0.6) is 0 Å². The van der Waals surface area contributed by atoms with Gasteiger partial charge in [0.15, 0.2) is 0 Å². The predicted octanol–water partition coefficient (Wildman–Crippen LogP) is 2.29. The number of carbonyl (C=O) groups excluding carboxylic acids is 1. The van der Waals surface area contributed by atoms with Crippen molar-refractivity contribution in [2.45, 2.75) is 24.9 Å². The number of nitrogens with one attached hydrogen (secondary N) is 1. The van der Waals surface area contributed by atoms with Crippen molar-refractivity contribution >= 4 is 11.7 Å². The van der Waals surface area contributed by atoms with Crippen molar-refractivity contribution in [1.82, 2.24) is 9.80 Å². The molecular formula is C17H21F2N3O2. The number of hydrogen-bond donors (Lipinski definition) is 1. The molecule has 0 unspecified atom stereocenters. The van der Waals surface area contributed by atoms with E-state index in [1.165, 1.54) is 18.9 Å². The molecule has 0 aromatic heterocycles. The number of ether oxygens (including phenoxy) is 1. The molecular weight excluding hydrogens is 316 g/mol. The van der Waals surface area contributed by atoms with Crippen molar-refractivity contribution in [3.05, 3.63) is 29.8 Å². The Balaban J connectivity index is 1.39. The van der Waals surface area contributed by atoms with Crippen LogP contribution in [-0.2, 0) is 4.74 Å². The quantitative estimate of drug-likeness (QED) is 0.901. The highest BCUT2D eigenvalue weighted by Crippen LogP contribution is 2.38. The lowest BCUT2D eigenvalue weighted by atomic mass is 10.0. The van der Waals surface area contributed by atoms with Crippen LogP contribution < -0.4 is 5.32 Å². The van der Waals surface area contributed by atoms with Crippen LogP contribution in [0.4, 0.5) is 19.3 Å². The topological polar surface area (TPSA) is 44.8 Å². The molecule has 7 heteroatoms. The molecule has 1 aliphatic carbocycles. The van der Waals surface area contributed by atoms with Crippen LogP contribution in [0.2, 0.25) is 0 Å². The van der Waals surface area contributed by atoms with Crippen LogP contribution in [-0.4, -0.2) is 60.8 Å². The highest BCUT2D eigenvalue weighted by molar-refractivity contribution is 5.89. The number of benzene rings is 1. The van der Waals surface area contributed by atoms with Crippen molar-refractivity contribution in [3.63, 3.8) is 0 Å². The zero-order valence-corrected chi connectivity index (χ0v) is 13.4. The van der Waals surface area contributed by atoms with Crippen molar-refractivity contribution in [2.24, 2.45) is 5.92 Å². The van der Waals surface area contributed by atoms with Gasteiger partial charge in [-0.25, -0.2) is 13.6 Å². The molecule has 5 nitrogen and oxygen atoms in total. The van der Waals surface area contributed by atoms with Crippen molar-refractivity contribution < 1.29 is 18.3 Å². The van der Waals surface area contributed by atoms with E-state index < -0.39 is 11.6 Å². The Morgan fingerprint density at radius 1 is 1.21 bits per heavy atom. The van der Waals surface area contributed by atoms with Gasteiger partial charge in [0, 0.05) is 31.7 Å². The van der Waals surface area contributed by atoms with Crippen LogP contribution in [0.3, 0.4) is 0 Å². The number of nitrogens with zero attached hydrogens (tertiary/aromatic N) is 2. The maximum atomic E-state index is 13.7. The summed E-state index contributed by atoms with van der Waals surface area (Å²) in [6.07, 6.45) is 2.54. The van der Waals surface area contributed by atoms with Crippen molar-refractivity contribution in [1.29, 1.82) is 0 Å². The Hall–Kier alpha value is -1.73. The minimum Gasteiger partial charge on any atom is -0.378 e. The summed E-state index contributed by atoms with van der Waals surface area (Å²) in [5, 5.41) is 2.53. The Kier molecular flexibility index (Phi) is 4.14. The second-order valence-corrected chi connectivity index (χ2v) is 6.83. The van der Waals surface area contributed by atoms with Gasteiger partial charge in [-0.1, -0.05) is 0 Å². The minimum atomic E-state index is -0.767. The summed E-state index contributed by atoms with van der Waals surface area (Å²) in [4.78, 5) is 16.6. The SMILES string of the molecule is O=C(Nc1ccc(F)cc1F)N1CCN2[C@@H](COC[C@@H]2C2CC2)C1. The molecule has 1 N–H and O–H groups in total. The third-order valence-corrected chi connectivity index (χ3v) is 5.18. The van der Waals surface area contributed by atoms with Gasteiger partial charge in [0.2, 0.25) is 0 Å². The van der Waals surface area contributed by atoms with E-state index in [0.29, 0.717) is 25.7 Å². The molecule has 3 aliphatic rings. The van der Waals surface area contributed by atoms with Gasteiger partial charge >= 0.3 is 6.03 Å². The molecule has 2 heterocycles. The summed E-state index contributed by atoms with van der Waals surface area (Å²) in [7, 11) is 0. The molecule has 2 amide bonds. The van der Waals surface area contributed by atoms with Gasteiger partial charge < -0.3 is 15.0 Å². The first kappa shape index (κ1) is 15.8. The highest BCUT2D eigenvalue weighted by atomic mass is 19.1. The number of rotatable bonds is 2. The van der Waals surface area contributed by atoms with E-state index >= 15 is 0 Å². The number of piperazine rings is 1. The maximum Gasteiger partial charge on any atom is 0.322 e. The number of amides is 2. The standard InChI is InChI=1S/C17H21F2N3O2/c18-12-3-4-15(14(19)7-12)20-17(23)21-5-6-22-13(8-21)9-24-10-16(22)11-1-2-11/h3-4,7,11,13,16H,1-2,5-6,8-10H2,(H,20,23)/t13-,16-/m1/s1. The zero-order valence-electron chi connectivity index (χ0n) is 13.4. The number of halogens is 2. The lowest BCUT2D eigenvalue weighted by molar-refractivity contribution is -0.0796. The van der Waals surface area contributed by atoms with Gasteiger partial charge in [-0.2, -0.15) is 0 Å². The van der Waals surface area contributed by atoms with Gasteiger partial charge in [0.25, 0.3) is 0 Å². The highest BCUT2D eigenvalue weighted by Gasteiger charge is 2.43. The fourth-order valence-electron chi connectivity index (χ4n) is 3.73. The summed E-state index contributed by atoms with van der Waals surface area (Å²) < 4.78 is 32.4. The molecule has 0 spiro atoms. The van der Waals surface area contributed by atoms with E-state index in [0.717, 1.165) is 31.2 Å². The number of morpholine rings is 1. The Bertz CT molecular complexity index is 638. The second kappa shape index (κ2) is 6.29. The first-order valence-corrected chi connectivity index (χ1v) is 8.46. The fraction of sp³-hybridized carbons (Fsp3) is 0.588. The molecule has 4 rings (SSSR count). The average Bonchev–Trinajstić information content (AvgIpc) is 3.41. The van der Waals surface area contributed by atoms with E-state index in [4.69, 9.17) is 4.74 Å². The normalized spacial score (nSPS) is 27.7. The number of hydrogen-bond acceptors (Lipinski definition) is 3. The molecule has 1 aromatic carbocycles. The minimum absolute atomic E-state index is 0.000388. The van der Waals surface area contributed by atoms with Crippen molar-refractivity contribution in [2.75, 3.05) is 38.2 Å². The van der Waals surface area contributed by atoms with E-state index in [1.54, 1.807) is 4.90 Å². The van der Waals surface area contributed by atoms with Gasteiger partial charge in [0.1, 0.15) is 11.6 Å². The molecule has 2 atom stereocenters. The van der Waals surface area contributed by atoms with E-state index in [1.807, 2.05) is 0 Å². The molecule has 0 bridgehead atoms. The number of anilines is 1. The molecule has 24 heavy (non-hydrogen) atoms. The van der Waals surface area contributed by atoms with Gasteiger partial charge in [-0.3, -0.25) is 4.90 Å². The van der Waals surface area contributed by atoms with Crippen LogP contribution in [0.25, 0.3) is 0 Å². The molecule has 2 aliphatic heterocycles. The smallest absolute Gasteiger partial charge is 0.322 e. The molecule has 1 aromatic rings. The average molecular weight is 337 g/mol. The van der Waals surface area contributed by atoms with Crippen LogP contribution in [0, 0.1) is 17.6 Å². The Morgan fingerprint density at radius 2 is 2.04 bits per heavy atom. The first-order chi connectivity index (χ1) is 11.6. The Labute approximate surface area is 139 Å². The monoisotopic (exact) mass is 337 g/mol. The second-order valence-electron chi connectivity index (χ2n) is 6.83. The molecule has 130 valence electrons. The maximum absolute atomic E-state index is 13.7. The number of fused-ring (bicyclic) bond motifs is 1. The third kappa shape index (κ3) is 3.10. The fourth-order valence-corrected chi connectivity index (χ4v) is 3.73. The molecule has 0 radical (unpaired) electrons. The molecule has 3 fully saturated rings. The summed E-state index contributed by atoms with van der Waals surface area (Å²) in [5.41, 5.74) is -0.000388. The largest absolute Gasteiger partial charge is 0.378 e. The van der Waals surface area contributed by atoms with Gasteiger partial charge in [-0.05, 0) is 30.9 Å². The summed E-state index contributed by atoms with van der Waals surface area (Å²) in [6, 6.07) is 3.46. The van der Waals surface area contributed by atoms with E-state index in [-0.39, 0.29) is 17.8 Å². The summed E-state index contributed by atoms with van der Waals surface area (Å²) >= 11 is 0. The molecule has 1 saturated carbocycles. The lowest BCUT2D eigenvalue weighted by Crippen LogP contribution is -2.63. The van der Waals surface area contributed by atoms with Gasteiger partial charge in [0.05, 0.1) is 24.9 Å². The number of carbonyl (C=O) groups is 1. The van der Waals surface area contributed by atoms with E-state index in [2.05, 4.69) is 10.2 Å². The Morgan fingerprint density at radius 3 is 2.79 bits per heavy atom. The molecule has 2 saturated heterocycles. The third-order valence-electron chi connectivity index (χ3n) is 5.18. The number of urea groups is 1. The van der Waals surface area contributed by atoms with Crippen LogP contribution in [0.1, 0.15) is 12.8 Å². The summed E-state index contributed by atoms with van der Waals surface area (Å²) in [5.74, 6) is -0.692. The first-order valence-electron chi connectivity index (χ1n) is 8.46. The van der Waals surface area contributed by atoms with Gasteiger partial charge in [-0.15, -0.1) is 0 Å². The predicted molar refractivity (Wildman–Crippen MR) is 84.8 cm³/mol. The summed E-state index contributed by atoms with van der Waals surface area (Å²) in [6.45, 7) is 3.40. The van der Waals surface area contributed by atoms with Crippen molar-refractivity contribution in [3.8, 4) is 0 Å². The van der Waals surface area contributed by atoms with Crippen LogP contribution in [0.15, 0.2) is 18.2 Å². The van der Waals surface area contributed by atoms with E-state index in [9.17, 15) is 13.6 Å². The lowest BCUT2D eigenvalue weighted by Gasteiger charge is -2.48. The zero-order chi connectivity index (χ0) is 16.7. The van der Waals surface area contributed by atoms with Crippen LogP contribution >= 0.6 is 0 Å².